The molecule has 0 saturated carbocycles. The van der Waals surface area contributed by atoms with E-state index < -0.39 is 6.03 Å². The normalized spacial score (nSPS) is 10.6. The van der Waals surface area contributed by atoms with Gasteiger partial charge in [-0.1, -0.05) is 26.0 Å². The molecule has 1 aromatic heterocycles. The monoisotopic (exact) mass is 347 g/mol. The molecular formula is C17H22FN5O2. The number of benzene rings is 1. The summed E-state index contributed by atoms with van der Waals surface area (Å²) in [6.45, 7) is 4.88. The number of aromatic nitrogens is 2. The van der Waals surface area contributed by atoms with E-state index in [2.05, 4.69) is 34.9 Å². The van der Waals surface area contributed by atoms with Crippen molar-refractivity contribution in [2.45, 2.75) is 26.9 Å². The number of halogens is 1. The van der Waals surface area contributed by atoms with Crippen molar-refractivity contribution in [3.05, 3.63) is 47.9 Å². The SMILES string of the molecule is CC(C)Cn1nccc1NC(=O)CNC(=O)NCc1ccc(F)cc1. The lowest BCUT2D eigenvalue weighted by Gasteiger charge is -2.11. The van der Waals surface area contributed by atoms with E-state index in [4.69, 9.17) is 0 Å². The molecule has 7 nitrogen and oxygen atoms in total. The van der Waals surface area contributed by atoms with Gasteiger partial charge in [0.1, 0.15) is 11.6 Å². The average molecular weight is 347 g/mol. The Morgan fingerprint density at radius 2 is 1.88 bits per heavy atom. The molecule has 0 fully saturated rings. The zero-order valence-electron chi connectivity index (χ0n) is 14.3. The summed E-state index contributed by atoms with van der Waals surface area (Å²) >= 11 is 0. The van der Waals surface area contributed by atoms with Gasteiger partial charge in [-0.3, -0.25) is 4.79 Å². The number of carbonyl (C=O) groups is 2. The molecule has 0 atom stereocenters. The van der Waals surface area contributed by atoms with E-state index in [1.807, 2.05) is 0 Å². The van der Waals surface area contributed by atoms with Gasteiger partial charge in [0.2, 0.25) is 5.91 Å². The molecule has 25 heavy (non-hydrogen) atoms. The zero-order valence-corrected chi connectivity index (χ0v) is 14.3. The zero-order chi connectivity index (χ0) is 18.2. The highest BCUT2D eigenvalue weighted by atomic mass is 19.1. The number of hydrogen-bond donors (Lipinski definition) is 3. The lowest BCUT2D eigenvalue weighted by molar-refractivity contribution is -0.115. The van der Waals surface area contributed by atoms with Gasteiger partial charge in [-0.2, -0.15) is 5.10 Å². The molecule has 3 N–H and O–H groups in total. The van der Waals surface area contributed by atoms with Crippen LogP contribution in [0.2, 0.25) is 0 Å². The molecule has 3 amide bonds. The predicted molar refractivity (Wildman–Crippen MR) is 92.3 cm³/mol. The van der Waals surface area contributed by atoms with Gasteiger partial charge in [-0.05, 0) is 23.6 Å². The summed E-state index contributed by atoms with van der Waals surface area (Å²) in [5, 5.41) is 11.9. The third-order valence-electron chi connectivity index (χ3n) is 3.30. The largest absolute Gasteiger partial charge is 0.334 e. The first-order valence-corrected chi connectivity index (χ1v) is 8.02. The molecule has 0 saturated heterocycles. The summed E-state index contributed by atoms with van der Waals surface area (Å²) in [4.78, 5) is 23.6. The van der Waals surface area contributed by atoms with E-state index >= 15 is 0 Å². The van der Waals surface area contributed by atoms with Gasteiger partial charge in [-0.25, -0.2) is 13.9 Å². The highest BCUT2D eigenvalue weighted by Gasteiger charge is 2.09. The molecule has 1 heterocycles. The van der Waals surface area contributed by atoms with Crippen molar-refractivity contribution >= 4 is 17.8 Å². The molecule has 0 radical (unpaired) electrons. The van der Waals surface area contributed by atoms with Crippen LogP contribution in [-0.2, 0) is 17.9 Å². The molecule has 0 aliphatic heterocycles. The van der Waals surface area contributed by atoms with Gasteiger partial charge in [0, 0.05) is 19.2 Å². The maximum atomic E-state index is 12.8. The van der Waals surface area contributed by atoms with Crippen LogP contribution in [-0.4, -0.2) is 28.3 Å². The van der Waals surface area contributed by atoms with Gasteiger partial charge in [0.05, 0.1) is 12.7 Å². The Morgan fingerprint density at radius 3 is 2.56 bits per heavy atom. The molecule has 0 unspecified atom stereocenters. The van der Waals surface area contributed by atoms with Crippen molar-refractivity contribution in [2.24, 2.45) is 5.92 Å². The van der Waals surface area contributed by atoms with Crippen molar-refractivity contribution in [3.8, 4) is 0 Å². The number of nitrogens with zero attached hydrogens (tertiary/aromatic N) is 2. The standard InChI is InChI=1S/C17H22FN5O2/c1-12(2)11-23-15(7-8-21-23)22-16(24)10-20-17(25)19-9-13-3-5-14(18)6-4-13/h3-8,12H,9-11H2,1-2H3,(H,22,24)(H2,19,20,25). The molecule has 0 aliphatic carbocycles. The van der Waals surface area contributed by atoms with Crippen molar-refractivity contribution in [2.75, 3.05) is 11.9 Å². The van der Waals surface area contributed by atoms with Crippen LogP contribution in [0.3, 0.4) is 0 Å². The first-order chi connectivity index (χ1) is 11.9. The number of urea groups is 1. The predicted octanol–water partition coefficient (Wildman–Crippen LogP) is 2.12. The van der Waals surface area contributed by atoms with Crippen LogP contribution in [0, 0.1) is 11.7 Å². The quantitative estimate of drug-likeness (QED) is 0.717. The third kappa shape index (κ3) is 6.25. The lowest BCUT2D eigenvalue weighted by Crippen LogP contribution is -2.39. The minimum atomic E-state index is -0.477. The smallest absolute Gasteiger partial charge is 0.315 e. The second-order valence-corrected chi connectivity index (χ2v) is 6.00. The van der Waals surface area contributed by atoms with Gasteiger partial charge >= 0.3 is 6.03 Å². The minimum Gasteiger partial charge on any atom is -0.334 e. The van der Waals surface area contributed by atoms with E-state index in [0.29, 0.717) is 18.3 Å². The van der Waals surface area contributed by atoms with Crippen molar-refractivity contribution in [1.29, 1.82) is 0 Å². The molecule has 0 spiro atoms. The number of nitrogens with one attached hydrogen (secondary N) is 3. The molecule has 8 heteroatoms. The van der Waals surface area contributed by atoms with Crippen molar-refractivity contribution in [3.63, 3.8) is 0 Å². The van der Waals surface area contributed by atoms with Gasteiger partial charge in [0.25, 0.3) is 0 Å². The van der Waals surface area contributed by atoms with Crippen molar-refractivity contribution in [1.82, 2.24) is 20.4 Å². The van der Waals surface area contributed by atoms with Crippen molar-refractivity contribution < 1.29 is 14.0 Å². The summed E-state index contributed by atoms with van der Waals surface area (Å²) in [7, 11) is 0. The molecule has 0 aliphatic rings. The van der Waals surface area contributed by atoms with E-state index in [1.165, 1.54) is 12.1 Å². The van der Waals surface area contributed by atoms with E-state index in [0.717, 1.165) is 5.56 Å². The maximum absolute atomic E-state index is 12.8. The topological polar surface area (TPSA) is 88.1 Å². The van der Waals surface area contributed by atoms with Crippen LogP contribution < -0.4 is 16.0 Å². The van der Waals surface area contributed by atoms with Crippen LogP contribution in [0.5, 0.6) is 0 Å². The first-order valence-electron chi connectivity index (χ1n) is 8.02. The number of rotatable bonds is 7. The van der Waals surface area contributed by atoms with Gasteiger partial charge in [-0.15, -0.1) is 0 Å². The highest BCUT2D eigenvalue weighted by Crippen LogP contribution is 2.08. The first kappa shape index (κ1) is 18.4. The summed E-state index contributed by atoms with van der Waals surface area (Å²) in [5.41, 5.74) is 0.763. The van der Waals surface area contributed by atoms with E-state index in [9.17, 15) is 14.0 Å². The third-order valence-corrected chi connectivity index (χ3v) is 3.30. The Kier molecular flexibility index (Phi) is 6.50. The van der Waals surface area contributed by atoms with Crippen LogP contribution in [0.1, 0.15) is 19.4 Å². The van der Waals surface area contributed by atoms with Gasteiger partial charge in [0.15, 0.2) is 0 Å². The molecule has 0 bridgehead atoms. The van der Waals surface area contributed by atoms with E-state index in [-0.39, 0.29) is 24.8 Å². The van der Waals surface area contributed by atoms with E-state index in [1.54, 1.807) is 29.1 Å². The number of carbonyl (C=O) groups excluding carboxylic acids is 2. The summed E-state index contributed by atoms with van der Waals surface area (Å²) in [6.07, 6.45) is 1.61. The summed E-state index contributed by atoms with van der Waals surface area (Å²) in [5.74, 6) is 0.308. The Morgan fingerprint density at radius 1 is 1.16 bits per heavy atom. The fraction of sp³-hybridized carbons (Fsp3) is 0.353. The van der Waals surface area contributed by atoms with Crippen LogP contribution in [0.25, 0.3) is 0 Å². The fourth-order valence-electron chi connectivity index (χ4n) is 2.12. The lowest BCUT2D eigenvalue weighted by atomic mass is 10.2. The maximum Gasteiger partial charge on any atom is 0.315 e. The van der Waals surface area contributed by atoms with Crippen LogP contribution in [0.15, 0.2) is 36.5 Å². The van der Waals surface area contributed by atoms with Crippen LogP contribution >= 0.6 is 0 Å². The Labute approximate surface area is 145 Å². The molecule has 2 rings (SSSR count). The van der Waals surface area contributed by atoms with Crippen LogP contribution in [0.4, 0.5) is 15.0 Å². The summed E-state index contributed by atoms with van der Waals surface area (Å²) < 4.78 is 14.5. The average Bonchev–Trinajstić information content (AvgIpc) is 2.98. The number of amides is 3. The minimum absolute atomic E-state index is 0.165. The molecule has 1 aromatic carbocycles. The molecular weight excluding hydrogens is 325 g/mol. The highest BCUT2D eigenvalue weighted by molar-refractivity contribution is 5.93. The van der Waals surface area contributed by atoms with Gasteiger partial charge < -0.3 is 16.0 Å². The summed E-state index contributed by atoms with van der Waals surface area (Å²) in [6, 6.07) is 7.03. The molecule has 134 valence electrons. The Balaban J connectivity index is 1.73. The second kappa shape index (κ2) is 8.81. The number of hydrogen-bond acceptors (Lipinski definition) is 3. The fourth-order valence-corrected chi connectivity index (χ4v) is 2.12. The Bertz CT molecular complexity index is 712. The Hall–Kier alpha value is -2.90. The molecule has 2 aromatic rings. The number of anilines is 1. The second-order valence-electron chi connectivity index (χ2n) is 6.00.